The van der Waals surface area contributed by atoms with Crippen LogP contribution in [0.4, 0.5) is 10.2 Å². The monoisotopic (exact) mass is 211 g/mol. The predicted molar refractivity (Wildman–Crippen MR) is 46.5 cm³/mol. The number of esters is 1. The van der Waals surface area contributed by atoms with Crippen LogP contribution in [-0.4, -0.2) is 32.9 Å². The molecular weight excluding hydrogens is 205 g/mol. The van der Waals surface area contributed by atoms with Gasteiger partial charge in [0.05, 0.1) is 7.11 Å². The number of hydrogen-bond donors (Lipinski definition) is 1. The van der Waals surface area contributed by atoms with Crippen molar-refractivity contribution >= 4 is 17.3 Å². The van der Waals surface area contributed by atoms with Crippen molar-refractivity contribution in [3.05, 3.63) is 17.8 Å². The van der Waals surface area contributed by atoms with Crippen molar-refractivity contribution in [2.24, 2.45) is 0 Å². The number of ether oxygens (including phenoxy) is 1. The molecule has 0 saturated carbocycles. The molecule has 0 aromatic carbocycles. The standard InChI is InChI=1S/C7H6FN5O2/c1-15-7(14)4-3(8)5-6(9)10-2-11-13(5)12-4/h2H,1H3,(H2,9,10,11). The minimum Gasteiger partial charge on any atom is -0.464 e. The Balaban J connectivity index is 2.75. The number of carbonyl (C=O) groups excluding carboxylic acids is 1. The summed E-state index contributed by atoms with van der Waals surface area (Å²) in [6.45, 7) is 0. The molecular formula is C7H6FN5O2. The number of anilines is 1. The van der Waals surface area contributed by atoms with Gasteiger partial charge in [0, 0.05) is 0 Å². The second-order valence-corrected chi connectivity index (χ2v) is 2.64. The Morgan fingerprint density at radius 3 is 3.00 bits per heavy atom. The van der Waals surface area contributed by atoms with Crippen molar-refractivity contribution in [1.29, 1.82) is 0 Å². The molecule has 2 aromatic heterocycles. The van der Waals surface area contributed by atoms with Crippen LogP contribution in [0.5, 0.6) is 0 Å². The van der Waals surface area contributed by atoms with Gasteiger partial charge in [-0.2, -0.15) is 0 Å². The van der Waals surface area contributed by atoms with E-state index >= 15 is 0 Å². The average molecular weight is 211 g/mol. The molecule has 0 amide bonds. The highest BCUT2D eigenvalue weighted by atomic mass is 19.1. The van der Waals surface area contributed by atoms with Crippen molar-refractivity contribution in [2.75, 3.05) is 12.8 Å². The molecule has 15 heavy (non-hydrogen) atoms. The van der Waals surface area contributed by atoms with E-state index in [-0.39, 0.29) is 11.3 Å². The summed E-state index contributed by atoms with van der Waals surface area (Å²) >= 11 is 0. The first-order valence-corrected chi connectivity index (χ1v) is 3.88. The normalized spacial score (nSPS) is 10.5. The van der Waals surface area contributed by atoms with Gasteiger partial charge in [0.2, 0.25) is 5.69 Å². The van der Waals surface area contributed by atoms with Crippen molar-refractivity contribution in [2.45, 2.75) is 0 Å². The highest BCUT2D eigenvalue weighted by molar-refractivity contribution is 5.90. The fourth-order valence-electron chi connectivity index (χ4n) is 1.11. The molecule has 2 aromatic rings. The van der Waals surface area contributed by atoms with Gasteiger partial charge < -0.3 is 10.5 Å². The molecule has 78 valence electrons. The lowest BCUT2D eigenvalue weighted by Gasteiger charge is -1.93. The summed E-state index contributed by atoms with van der Waals surface area (Å²) in [5, 5.41) is 7.19. The van der Waals surface area contributed by atoms with E-state index in [1.807, 2.05) is 0 Å². The Kier molecular flexibility index (Phi) is 1.96. The molecule has 0 aliphatic rings. The molecule has 7 nitrogen and oxygen atoms in total. The Morgan fingerprint density at radius 2 is 2.40 bits per heavy atom. The van der Waals surface area contributed by atoms with Crippen molar-refractivity contribution in [1.82, 2.24) is 19.8 Å². The molecule has 0 aliphatic carbocycles. The number of nitrogen functional groups attached to an aromatic ring is 1. The van der Waals surface area contributed by atoms with Crippen molar-refractivity contribution in [3.63, 3.8) is 0 Å². The van der Waals surface area contributed by atoms with Gasteiger partial charge in [0.15, 0.2) is 17.2 Å². The van der Waals surface area contributed by atoms with Gasteiger partial charge in [-0.1, -0.05) is 0 Å². The van der Waals surface area contributed by atoms with Crippen LogP contribution >= 0.6 is 0 Å². The Bertz CT molecular complexity index is 537. The number of methoxy groups -OCH3 is 1. The minimum absolute atomic E-state index is 0.0925. The first-order chi connectivity index (χ1) is 7.15. The van der Waals surface area contributed by atoms with Crippen LogP contribution in [-0.2, 0) is 4.74 Å². The quantitative estimate of drug-likeness (QED) is 0.646. The number of carbonyl (C=O) groups is 1. The third kappa shape index (κ3) is 1.26. The topological polar surface area (TPSA) is 95.4 Å². The van der Waals surface area contributed by atoms with Gasteiger partial charge in [0.25, 0.3) is 0 Å². The number of aromatic nitrogens is 4. The van der Waals surface area contributed by atoms with Crippen LogP contribution in [0.15, 0.2) is 6.33 Å². The molecule has 0 unspecified atom stereocenters. The molecule has 0 bridgehead atoms. The van der Waals surface area contributed by atoms with E-state index in [4.69, 9.17) is 5.73 Å². The molecule has 0 radical (unpaired) electrons. The molecule has 0 aliphatic heterocycles. The molecule has 8 heteroatoms. The number of halogens is 1. The third-order valence-electron chi connectivity index (χ3n) is 1.79. The maximum atomic E-state index is 13.6. The fourth-order valence-corrected chi connectivity index (χ4v) is 1.11. The maximum Gasteiger partial charge on any atom is 0.361 e. The Hall–Kier alpha value is -2.25. The smallest absolute Gasteiger partial charge is 0.361 e. The van der Waals surface area contributed by atoms with E-state index < -0.39 is 17.5 Å². The van der Waals surface area contributed by atoms with E-state index in [0.29, 0.717) is 0 Å². The second-order valence-electron chi connectivity index (χ2n) is 2.64. The number of nitrogens with two attached hydrogens (primary N) is 1. The largest absolute Gasteiger partial charge is 0.464 e. The molecule has 0 fully saturated rings. The lowest BCUT2D eigenvalue weighted by Crippen LogP contribution is -2.04. The molecule has 0 atom stereocenters. The summed E-state index contributed by atoms with van der Waals surface area (Å²) in [7, 11) is 1.13. The molecule has 2 rings (SSSR count). The van der Waals surface area contributed by atoms with Crippen LogP contribution < -0.4 is 5.73 Å². The van der Waals surface area contributed by atoms with Gasteiger partial charge >= 0.3 is 5.97 Å². The molecule has 0 saturated heterocycles. The van der Waals surface area contributed by atoms with E-state index in [1.165, 1.54) is 0 Å². The summed E-state index contributed by atoms with van der Waals surface area (Å²) in [4.78, 5) is 14.7. The molecule has 2 heterocycles. The lowest BCUT2D eigenvalue weighted by molar-refractivity contribution is 0.0588. The predicted octanol–water partition coefficient (Wildman–Crippen LogP) is -0.368. The van der Waals surface area contributed by atoms with Crippen LogP contribution in [0, 0.1) is 5.82 Å². The van der Waals surface area contributed by atoms with Crippen LogP contribution in [0.25, 0.3) is 5.52 Å². The highest BCUT2D eigenvalue weighted by Gasteiger charge is 2.22. The fraction of sp³-hybridized carbons (Fsp3) is 0.143. The van der Waals surface area contributed by atoms with Crippen LogP contribution in [0.2, 0.25) is 0 Å². The van der Waals surface area contributed by atoms with Gasteiger partial charge in [0.1, 0.15) is 6.33 Å². The summed E-state index contributed by atoms with van der Waals surface area (Å²) in [6, 6.07) is 0. The molecule has 0 spiro atoms. The maximum absolute atomic E-state index is 13.6. The first-order valence-electron chi connectivity index (χ1n) is 3.88. The number of hydrogen-bond acceptors (Lipinski definition) is 6. The van der Waals surface area contributed by atoms with E-state index in [9.17, 15) is 9.18 Å². The van der Waals surface area contributed by atoms with Gasteiger partial charge in [-0.15, -0.1) is 14.8 Å². The van der Waals surface area contributed by atoms with Gasteiger partial charge in [-0.25, -0.2) is 14.2 Å². The average Bonchev–Trinajstić information content (AvgIpc) is 2.56. The van der Waals surface area contributed by atoms with Crippen molar-refractivity contribution in [3.8, 4) is 0 Å². The summed E-state index contributed by atoms with van der Waals surface area (Å²) < 4.78 is 18.8. The minimum atomic E-state index is -0.891. The third-order valence-corrected chi connectivity index (χ3v) is 1.79. The lowest BCUT2D eigenvalue weighted by atomic mass is 10.3. The number of rotatable bonds is 1. The SMILES string of the molecule is COC(=O)c1nn2ncnc(N)c2c1F. The van der Waals surface area contributed by atoms with Crippen molar-refractivity contribution < 1.29 is 13.9 Å². The zero-order chi connectivity index (χ0) is 11.0. The van der Waals surface area contributed by atoms with Crippen LogP contribution in [0.1, 0.15) is 10.5 Å². The van der Waals surface area contributed by atoms with Gasteiger partial charge in [-0.05, 0) is 0 Å². The number of nitrogens with zero attached hydrogens (tertiary/aromatic N) is 4. The van der Waals surface area contributed by atoms with E-state index in [0.717, 1.165) is 18.1 Å². The Labute approximate surface area is 82.7 Å². The summed E-state index contributed by atoms with van der Waals surface area (Å²) in [6.07, 6.45) is 1.11. The summed E-state index contributed by atoms with van der Waals surface area (Å²) in [5.74, 6) is -1.87. The summed E-state index contributed by atoms with van der Waals surface area (Å²) in [5.41, 5.74) is 4.80. The Morgan fingerprint density at radius 1 is 1.67 bits per heavy atom. The highest BCUT2D eigenvalue weighted by Crippen LogP contribution is 2.17. The molecule has 2 N–H and O–H groups in total. The zero-order valence-corrected chi connectivity index (χ0v) is 7.64. The second kappa shape index (κ2) is 3.15. The van der Waals surface area contributed by atoms with E-state index in [2.05, 4.69) is 19.9 Å². The van der Waals surface area contributed by atoms with E-state index in [1.54, 1.807) is 0 Å². The van der Waals surface area contributed by atoms with Gasteiger partial charge in [-0.3, -0.25) is 0 Å². The zero-order valence-electron chi connectivity index (χ0n) is 7.64. The first kappa shape index (κ1) is 9.31. The van der Waals surface area contributed by atoms with Crippen LogP contribution in [0.3, 0.4) is 0 Å². The number of fused-ring (bicyclic) bond motifs is 1.